The number of halogens is 2. The van der Waals surface area contributed by atoms with Crippen molar-refractivity contribution in [3.63, 3.8) is 0 Å². The minimum absolute atomic E-state index is 0.00678. The molecule has 0 aliphatic carbocycles. The first-order valence-electron chi connectivity index (χ1n) is 12.4. The molecule has 4 heterocycles. The molecule has 4 fully saturated rings. The van der Waals surface area contributed by atoms with Crippen molar-refractivity contribution in [3.05, 3.63) is 29.3 Å². The number of ether oxygens (including phenoxy) is 1. The number of anilines is 1. The van der Waals surface area contributed by atoms with Crippen molar-refractivity contribution in [2.45, 2.75) is 50.2 Å². The summed E-state index contributed by atoms with van der Waals surface area (Å²) in [5.41, 5.74) is -0.0332. The predicted octanol–water partition coefficient (Wildman–Crippen LogP) is 1.69. The molecule has 1 unspecified atom stereocenters. The van der Waals surface area contributed by atoms with E-state index in [4.69, 9.17) is 4.74 Å². The van der Waals surface area contributed by atoms with Gasteiger partial charge in [0.2, 0.25) is 11.8 Å². The molecule has 5 rings (SSSR count). The average Bonchev–Trinajstić information content (AvgIpc) is 2.79. The number of piperidine rings is 2. The number of carbonyl (C=O) groups excluding carboxylic acids is 4. The highest BCUT2D eigenvalue weighted by Crippen LogP contribution is 2.33. The summed E-state index contributed by atoms with van der Waals surface area (Å²) in [4.78, 5) is 53.2. The number of alkyl carbamates (subject to hydrolysis) is 1. The van der Waals surface area contributed by atoms with Gasteiger partial charge in [0.1, 0.15) is 17.7 Å². The lowest BCUT2D eigenvalue weighted by Gasteiger charge is -2.43. The SMILES string of the molecule is O=C1CCC(c2c(F)cc(N3CC(NC(=O)OC4CN(C(=O)N5CCCCC5)C4)C3)cc2F)C(=O)N1. The van der Waals surface area contributed by atoms with Crippen LogP contribution >= 0.6 is 0 Å². The molecule has 2 N–H and O–H groups in total. The van der Waals surface area contributed by atoms with Crippen molar-refractivity contribution < 1.29 is 32.7 Å². The quantitative estimate of drug-likeness (QED) is 0.603. The third-order valence-corrected chi connectivity index (χ3v) is 7.24. The molecule has 4 saturated heterocycles. The summed E-state index contributed by atoms with van der Waals surface area (Å²) < 4.78 is 34.9. The van der Waals surface area contributed by atoms with Crippen LogP contribution in [0.3, 0.4) is 0 Å². The van der Waals surface area contributed by atoms with Gasteiger partial charge in [0.05, 0.1) is 25.0 Å². The molecule has 12 heteroatoms. The Morgan fingerprint density at radius 1 is 0.972 bits per heavy atom. The van der Waals surface area contributed by atoms with Gasteiger partial charge in [-0.05, 0) is 37.8 Å². The standard InChI is InChI=1S/C24H29F2N5O5/c25-18-8-15(9-19(26)21(18)17-4-5-20(32)28-22(17)33)30-10-14(11-30)27-23(34)36-16-12-31(13-16)24(35)29-6-2-1-3-7-29/h8-9,14,16-17H,1-7,10-13H2,(H,27,34)(H,28,32,33). The van der Waals surface area contributed by atoms with Crippen LogP contribution in [-0.2, 0) is 14.3 Å². The first-order chi connectivity index (χ1) is 17.3. The van der Waals surface area contributed by atoms with Crippen molar-refractivity contribution in [1.29, 1.82) is 0 Å². The number of urea groups is 1. The number of rotatable bonds is 4. The van der Waals surface area contributed by atoms with Crippen molar-refractivity contribution >= 4 is 29.6 Å². The Morgan fingerprint density at radius 2 is 1.64 bits per heavy atom. The molecule has 0 radical (unpaired) electrons. The zero-order valence-electron chi connectivity index (χ0n) is 19.8. The van der Waals surface area contributed by atoms with Gasteiger partial charge in [-0.1, -0.05) is 0 Å². The highest BCUT2D eigenvalue weighted by atomic mass is 19.1. The summed E-state index contributed by atoms with van der Waals surface area (Å²) in [7, 11) is 0. The summed E-state index contributed by atoms with van der Waals surface area (Å²) in [6, 6.07) is 2.08. The summed E-state index contributed by atoms with van der Waals surface area (Å²) in [5.74, 6) is -3.89. The molecular formula is C24H29F2N5O5. The Bertz CT molecular complexity index is 1040. The van der Waals surface area contributed by atoms with E-state index in [1.165, 1.54) is 12.1 Å². The molecule has 4 aliphatic heterocycles. The van der Waals surface area contributed by atoms with Gasteiger partial charge in [0, 0.05) is 43.9 Å². The number of hydrogen-bond acceptors (Lipinski definition) is 6. The zero-order valence-corrected chi connectivity index (χ0v) is 19.8. The second kappa shape index (κ2) is 9.90. The summed E-state index contributed by atoms with van der Waals surface area (Å²) >= 11 is 0. The minimum Gasteiger partial charge on any atom is -0.442 e. The Hall–Kier alpha value is -3.44. The summed E-state index contributed by atoms with van der Waals surface area (Å²) in [6.07, 6.45) is 2.33. The normalized spacial score (nSPS) is 23.1. The van der Waals surface area contributed by atoms with Crippen LogP contribution in [0.5, 0.6) is 0 Å². The third kappa shape index (κ3) is 4.93. The van der Waals surface area contributed by atoms with Gasteiger partial charge >= 0.3 is 12.1 Å². The fourth-order valence-electron chi connectivity index (χ4n) is 5.14. The first-order valence-corrected chi connectivity index (χ1v) is 12.4. The van der Waals surface area contributed by atoms with E-state index in [-0.39, 0.29) is 36.6 Å². The number of nitrogens with zero attached hydrogens (tertiary/aromatic N) is 3. The van der Waals surface area contributed by atoms with Gasteiger partial charge in [-0.25, -0.2) is 18.4 Å². The fourth-order valence-corrected chi connectivity index (χ4v) is 5.14. The van der Waals surface area contributed by atoms with Crippen molar-refractivity contribution in [2.75, 3.05) is 44.2 Å². The second-order valence-electron chi connectivity index (χ2n) is 9.84. The van der Waals surface area contributed by atoms with Crippen molar-refractivity contribution in [2.24, 2.45) is 0 Å². The maximum Gasteiger partial charge on any atom is 0.407 e. The number of amides is 5. The molecular weight excluding hydrogens is 476 g/mol. The van der Waals surface area contributed by atoms with Gasteiger partial charge in [-0.2, -0.15) is 0 Å². The highest BCUT2D eigenvalue weighted by Gasteiger charge is 2.38. The van der Waals surface area contributed by atoms with E-state index in [0.29, 0.717) is 31.9 Å². The van der Waals surface area contributed by atoms with Crippen LogP contribution < -0.4 is 15.5 Å². The van der Waals surface area contributed by atoms with Crippen LogP contribution in [-0.4, -0.2) is 85.2 Å². The molecule has 1 aromatic carbocycles. The first kappa shape index (κ1) is 24.3. The third-order valence-electron chi connectivity index (χ3n) is 7.24. The minimum atomic E-state index is -1.05. The number of likely N-dealkylation sites (tertiary alicyclic amines) is 2. The van der Waals surface area contributed by atoms with Crippen LogP contribution in [0, 0.1) is 11.6 Å². The maximum atomic E-state index is 14.7. The summed E-state index contributed by atoms with van der Waals surface area (Å²) in [5, 5.41) is 4.85. The Kier molecular flexibility index (Phi) is 6.67. The van der Waals surface area contributed by atoms with E-state index in [9.17, 15) is 28.0 Å². The molecule has 1 atom stereocenters. The summed E-state index contributed by atoms with van der Waals surface area (Å²) in [6.45, 7) is 2.97. The second-order valence-corrected chi connectivity index (χ2v) is 9.84. The molecule has 0 spiro atoms. The van der Waals surface area contributed by atoms with Crippen LogP contribution in [0.4, 0.5) is 24.1 Å². The highest BCUT2D eigenvalue weighted by molar-refractivity contribution is 6.01. The Balaban J connectivity index is 1.07. The molecule has 0 aromatic heterocycles. The van der Waals surface area contributed by atoms with Crippen LogP contribution in [0.2, 0.25) is 0 Å². The van der Waals surface area contributed by atoms with E-state index in [1.54, 1.807) is 9.80 Å². The maximum absolute atomic E-state index is 14.7. The van der Waals surface area contributed by atoms with Gasteiger partial charge in [-0.3, -0.25) is 14.9 Å². The van der Waals surface area contributed by atoms with Crippen LogP contribution in [0.1, 0.15) is 43.6 Å². The smallest absolute Gasteiger partial charge is 0.407 e. The van der Waals surface area contributed by atoms with E-state index in [0.717, 1.165) is 32.4 Å². The van der Waals surface area contributed by atoms with E-state index in [2.05, 4.69) is 10.6 Å². The lowest BCUT2D eigenvalue weighted by atomic mass is 9.89. The number of benzene rings is 1. The lowest BCUT2D eigenvalue weighted by molar-refractivity contribution is -0.134. The molecule has 36 heavy (non-hydrogen) atoms. The van der Waals surface area contributed by atoms with Crippen molar-refractivity contribution in [1.82, 2.24) is 20.4 Å². The Morgan fingerprint density at radius 3 is 2.28 bits per heavy atom. The molecule has 0 saturated carbocycles. The zero-order chi connectivity index (χ0) is 25.4. The number of imide groups is 1. The molecule has 0 bridgehead atoms. The Labute approximate surface area is 206 Å². The van der Waals surface area contributed by atoms with E-state index in [1.807, 2.05) is 4.90 Å². The fraction of sp³-hybridized carbons (Fsp3) is 0.583. The van der Waals surface area contributed by atoms with E-state index < -0.39 is 35.5 Å². The number of nitrogens with one attached hydrogen (secondary N) is 2. The predicted molar refractivity (Wildman–Crippen MR) is 123 cm³/mol. The molecule has 5 amide bonds. The molecule has 4 aliphatic rings. The van der Waals surface area contributed by atoms with Crippen LogP contribution in [0.25, 0.3) is 0 Å². The number of hydrogen-bond donors (Lipinski definition) is 2. The van der Waals surface area contributed by atoms with Gasteiger partial charge in [-0.15, -0.1) is 0 Å². The molecule has 194 valence electrons. The van der Waals surface area contributed by atoms with Crippen molar-refractivity contribution in [3.8, 4) is 0 Å². The average molecular weight is 506 g/mol. The topological polar surface area (TPSA) is 111 Å². The molecule has 1 aromatic rings. The van der Waals surface area contributed by atoms with Gasteiger partial charge in [0.15, 0.2) is 0 Å². The largest absolute Gasteiger partial charge is 0.442 e. The van der Waals surface area contributed by atoms with Crippen LogP contribution in [0.15, 0.2) is 12.1 Å². The molecule has 10 nitrogen and oxygen atoms in total. The van der Waals surface area contributed by atoms with Gasteiger partial charge in [0.25, 0.3) is 0 Å². The number of carbonyl (C=O) groups is 4. The lowest BCUT2D eigenvalue weighted by Crippen LogP contribution is -2.62. The monoisotopic (exact) mass is 505 g/mol. The van der Waals surface area contributed by atoms with Gasteiger partial charge < -0.3 is 24.8 Å². The van der Waals surface area contributed by atoms with E-state index >= 15 is 0 Å².